The molecule has 2 rings (SSSR count). The first kappa shape index (κ1) is 26.7. The van der Waals surface area contributed by atoms with Gasteiger partial charge in [-0.05, 0) is 6.07 Å². The number of aliphatic hydroxyl groups is 1. The van der Waals surface area contributed by atoms with E-state index < -0.39 is 66.3 Å². The molecule has 18 nitrogen and oxygen atoms in total. The molecule has 0 aromatic carbocycles. The Bertz CT molecular complexity index is 1050. The van der Waals surface area contributed by atoms with Gasteiger partial charge in [-0.2, -0.15) is 13.6 Å². The van der Waals surface area contributed by atoms with E-state index in [4.69, 9.17) is 29.9 Å². The smallest absolute Gasteiger partial charge is 0.455 e. The van der Waals surface area contributed by atoms with Gasteiger partial charge < -0.3 is 39.9 Å². The standard InChI is InChI=1S/C11H18N3O15P3/c1-5(15)26-9-8(16)6(27-10(9)14-3-2-7(12)13-11(14)17)4-25-31(21,22)29-32(23,24)28-30(18,19)20/h2-3,6,8-10,16H,4H2,1H3,(H,21,22)(H,23,24)(H2,12,13,17)(H2,18,19,20)/t6-,8?,9?,10-/m1/s1. The maximum atomic E-state index is 12.1. The number of phosphoric acid groups is 3. The van der Waals surface area contributed by atoms with Crippen molar-refractivity contribution in [3.05, 3.63) is 22.7 Å². The minimum atomic E-state index is -5.75. The van der Waals surface area contributed by atoms with Gasteiger partial charge in [-0.15, -0.1) is 0 Å². The van der Waals surface area contributed by atoms with Crippen molar-refractivity contribution in [1.82, 2.24) is 9.55 Å². The molecule has 2 heterocycles. The summed E-state index contributed by atoms with van der Waals surface area (Å²) in [6, 6.07) is 1.20. The molecule has 7 N–H and O–H groups in total. The zero-order chi connectivity index (χ0) is 24.5. The van der Waals surface area contributed by atoms with Crippen LogP contribution < -0.4 is 11.4 Å². The molecule has 4 unspecified atom stereocenters. The van der Waals surface area contributed by atoms with Crippen LogP contribution in [0.1, 0.15) is 13.2 Å². The highest BCUT2D eigenvalue weighted by Crippen LogP contribution is 2.66. The third kappa shape index (κ3) is 7.52. The lowest BCUT2D eigenvalue weighted by Crippen LogP contribution is -2.39. The van der Waals surface area contributed by atoms with E-state index >= 15 is 0 Å². The van der Waals surface area contributed by atoms with Gasteiger partial charge in [-0.25, -0.2) is 18.5 Å². The van der Waals surface area contributed by atoms with E-state index in [0.717, 1.165) is 17.7 Å². The van der Waals surface area contributed by atoms with E-state index in [9.17, 15) is 33.3 Å². The molecule has 1 aromatic rings. The summed E-state index contributed by atoms with van der Waals surface area (Å²) in [7, 11) is -16.8. The molecule has 21 heteroatoms. The summed E-state index contributed by atoms with van der Waals surface area (Å²) >= 11 is 0. The fourth-order valence-corrected chi connectivity index (χ4v) is 5.52. The SMILES string of the molecule is CC(=O)OC1C(O)[C@@H](COP(=O)(O)OP(=O)(O)OP(=O)(O)O)O[C@H]1n1ccc(N)nc1=O. The first-order chi connectivity index (χ1) is 14.5. The number of aromatic nitrogens is 2. The number of hydrogen-bond acceptors (Lipinski definition) is 13. The number of rotatable bonds is 9. The number of aliphatic hydroxyl groups excluding tert-OH is 1. The van der Waals surface area contributed by atoms with Crippen molar-refractivity contribution in [2.24, 2.45) is 0 Å². The molecule has 0 saturated carbocycles. The molecule has 1 fully saturated rings. The van der Waals surface area contributed by atoms with Crippen LogP contribution in [-0.4, -0.2) is 65.1 Å². The Hall–Kier alpha value is -1.52. The minimum absolute atomic E-state index is 0.141. The van der Waals surface area contributed by atoms with Crippen molar-refractivity contribution in [1.29, 1.82) is 0 Å². The summed E-state index contributed by atoms with van der Waals surface area (Å²) in [5, 5.41) is 10.4. The van der Waals surface area contributed by atoms with Crippen molar-refractivity contribution < 1.29 is 65.8 Å². The number of carbonyl (C=O) groups is 1. The summed E-state index contributed by atoms with van der Waals surface area (Å²) in [6.07, 6.45) is -5.21. The number of nitrogens with zero attached hydrogens (tertiary/aromatic N) is 2. The number of hydrogen-bond donors (Lipinski definition) is 6. The fourth-order valence-electron chi connectivity index (χ4n) is 2.49. The number of ether oxygens (including phenoxy) is 2. The van der Waals surface area contributed by atoms with E-state index in [1.165, 1.54) is 6.07 Å². The van der Waals surface area contributed by atoms with Crippen LogP contribution in [0.3, 0.4) is 0 Å². The van der Waals surface area contributed by atoms with Gasteiger partial charge in [0.2, 0.25) is 0 Å². The highest BCUT2D eigenvalue weighted by atomic mass is 31.3. The third-order valence-corrected chi connectivity index (χ3v) is 7.36. The van der Waals surface area contributed by atoms with E-state index in [2.05, 4.69) is 18.1 Å². The van der Waals surface area contributed by atoms with Crippen LogP contribution in [0.4, 0.5) is 5.82 Å². The maximum absolute atomic E-state index is 12.1. The van der Waals surface area contributed by atoms with E-state index in [0.29, 0.717) is 0 Å². The largest absolute Gasteiger partial charge is 0.490 e. The molecule has 0 radical (unpaired) electrons. The highest BCUT2D eigenvalue weighted by Gasteiger charge is 2.49. The first-order valence-electron chi connectivity index (χ1n) is 8.13. The second kappa shape index (κ2) is 9.77. The van der Waals surface area contributed by atoms with Crippen LogP contribution >= 0.6 is 23.5 Å². The van der Waals surface area contributed by atoms with Crippen LogP contribution in [0.2, 0.25) is 0 Å². The van der Waals surface area contributed by atoms with Crippen LogP contribution in [0, 0.1) is 0 Å². The predicted octanol–water partition coefficient (Wildman–Crippen LogP) is -1.64. The van der Waals surface area contributed by atoms with E-state index in [1.54, 1.807) is 0 Å². The monoisotopic (exact) mass is 525 g/mol. The second-order valence-corrected chi connectivity index (χ2v) is 10.5. The van der Waals surface area contributed by atoms with Crippen LogP contribution in [0.25, 0.3) is 0 Å². The molecule has 1 aromatic heterocycles. The van der Waals surface area contributed by atoms with Crippen LogP contribution in [0.5, 0.6) is 0 Å². The van der Waals surface area contributed by atoms with Crippen molar-refractivity contribution in [3.63, 3.8) is 0 Å². The summed E-state index contributed by atoms with van der Waals surface area (Å²) < 4.78 is 56.4. The van der Waals surface area contributed by atoms with E-state index in [1.807, 2.05) is 0 Å². The quantitative estimate of drug-likeness (QED) is 0.156. The first-order valence-corrected chi connectivity index (χ1v) is 12.7. The van der Waals surface area contributed by atoms with Crippen molar-refractivity contribution in [2.75, 3.05) is 12.3 Å². The molecule has 6 atom stereocenters. The summed E-state index contributed by atoms with van der Waals surface area (Å²) in [6.45, 7) is -0.0521. The molecule has 0 bridgehead atoms. The zero-order valence-corrected chi connectivity index (χ0v) is 18.5. The summed E-state index contributed by atoms with van der Waals surface area (Å²) in [5.41, 5.74) is 4.43. The lowest BCUT2D eigenvalue weighted by Gasteiger charge is -2.21. The molecule has 32 heavy (non-hydrogen) atoms. The minimum Gasteiger partial charge on any atom is -0.455 e. The zero-order valence-electron chi connectivity index (χ0n) is 15.8. The van der Waals surface area contributed by atoms with Crippen molar-refractivity contribution in [2.45, 2.75) is 31.5 Å². The predicted molar refractivity (Wildman–Crippen MR) is 98.2 cm³/mol. The van der Waals surface area contributed by atoms with Gasteiger partial charge in [0.15, 0.2) is 12.3 Å². The average molecular weight is 525 g/mol. The fraction of sp³-hybridized carbons (Fsp3) is 0.545. The average Bonchev–Trinajstić information content (AvgIpc) is 2.85. The van der Waals surface area contributed by atoms with Gasteiger partial charge in [0.25, 0.3) is 0 Å². The van der Waals surface area contributed by atoms with Crippen molar-refractivity contribution in [3.8, 4) is 0 Å². The Morgan fingerprint density at radius 1 is 1.22 bits per heavy atom. The molecule has 1 aliphatic rings. The maximum Gasteiger partial charge on any atom is 0.490 e. The topological polar surface area (TPSA) is 276 Å². The van der Waals surface area contributed by atoms with Crippen LogP contribution in [-0.2, 0) is 41.1 Å². The third-order valence-electron chi connectivity index (χ3n) is 3.56. The van der Waals surface area contributed by atoms with Gasteiger partial charge >= 0.3 is 35.1 Å². The van der Waals surface area contributed by atoms with Gasteiger partial charge in [-0.3, -0.25) is 13.9 Å². The van der Waals surface area contributed by atoms with E-state index in [-0.39, 0.29) is 5.82 Å². The molecule has 0 amide bonds. The molecule has 1 aliphatic heterocycles. The Labute approximate surface area is 177 Å². The van der Waals surface area contributed by atoms with Gasteiger partial charge in [-0.1, -0.05) is 0 Å². The lowest BCUT2D eigenvalue weighted by atomic mass is 10.1. The number of carbonyl (C=O) groups excluding carboxylic acids is 1. The van der Waals surface area contributed by atoms with Gasteiger partial charge in [0.1, 0.15) is 18.0 Å². The molecule has 1 saturated heterocycles. The summed E-state index contributed by atoms with van der Waals surface area (Å²) in [4.78, 5) is 62.5. The molecule has 0 spiro atoms. The Morgan fingerprint density at radius 3 is 2.38 bits per heavy atom. The lowest BCUT2D eigenvalue weighted by molar-refractivity contribution is -0.156. The normalized spacial score (nSPS) is 27.4. The molecular weight excluding hydrogens is 507 g/mol. The van der Waals surface area contributed by atoms with Gasteiger partial charge in [0.05, 0.1) is 6.61 Å². The van der Waals surface area contributed by atoms with Gasteiger partial charge in [0, 0.05) is 13.1 Å². The summed E-state index contributed by atoms with van der Waals surface area (Å²) in [5.74, 6) is -1.02. The Kier molecular flexibility index (Phi) is 8.16. The Balaban J connectivity index is 2.17. The number of phosphoric ester groups is 1. The number of nitrogens with two attached hydrogens (primary N) is 1. The number of nitrogen functional groups attached to an aromatic ring is 1. The highest BCUT2D eigenvalue weighted by molar-refractivity contribution is 7.66. The molecule has 182 valence electrons. The molecule has 0 aliphatic carbocycles. The molecular formula is C11H18N3O15P3. The second-order valence-electron chi connectivity index (χ2n) is 6.06. The van der Waals surface area contributed by atoms with Crippen LogP contribution in [0.15, 0.2) is 17.1 Å². The number of esters is 1. The van der Waals surface area contributed by atoms with Crippen molar-refractivity contribution >= 4 is 35.3 Å². The Morgan fingerprint density at radius 2 is 1.84 bits per heavy atom. The number of anilines is 1.